The molecule has 2 N–H and O–H groups in total. The van der Waals surface area contributed by atoms with Crippen molar-refractivity contribution in [1.29, 1.82) is 0 Å². The minimum Gasteiger partial charge on any atom is -0.480 e. The third-order valence-corrected chi connectivity index (χ3v) is 3.91. The third kappa shape index (κ3) is 4.36. The second-order valence-electron chi connectivity index (χ2n) is 5.77. The Morgan fingerprint density at radius 2 is 1.62 bits per heavy atom. The predicted molar refractivity (Wildman–Crippen MR) is 101 cm³/mol. The molecule has 0 aliphatic carbocycles. The van der Waals surface area contributed by atoms with Crippen LogP contribution in [-0.4, -0.2) is 23.2 Å². The molecular formula is C20H20N4O2. The minimum atomic E-state index is -0.321. The Kier molecular flexibility index (Phi) is 5.43. The molecule has 0 unspecified atom stereocenters. The van der Waals surface area contributed by atoms with Gasteiger partial charge in [0.25, 0.3) is 5.91 Å². The maximum Gasteiger partial charge on any atom is 0.276 e. The van der Waals surface area contributed by atoms with Crippen LogP contribution in [0, 0.1) is 0 Å². The monoisotopic (exact) mass is 348 g/mol. The molecule has 0 bridgehead atoms. The average Bonchev–Trinajstić information content (AvgIpc) is 2.70. The van der Waals surface area contributed by atoms with E-state index in [0.29, 0.717) is 11.6 Å². The molecule has 1 atom stereocenters. The van der Waals surface area contributed by atoms with Gasteiger partial charge in [0.15, 0.2) is 5.69 Å². The van der Waals surface area contributed by atoms with Gasteiger partial charge in [0.05, 0.1) is 7.11 Å². The van der Waals surface area contributed by atoms with Gasteiger partial charge in [0.2, 0.25) is 5.88 Å². The summed E-state index contributed by atoms with van der Waals surface area (Å²) in [6, 6.07) is 21.1. The summed E-state index contributed by atoms with van der Waals surface area (Å²) in [4.78, 5) is 12.2. The second-order valence-corrected chi connectivity index (χ2v) is 5.77. The molecule has 0 saturated carbocycles. The van der Waals surface area contributed by atoms with Gasteiger partial charge in [-0.3, -0.25) is 4.79 Å². The van der Waals surface area contributed by atoms with Gasteiger partial charge in [0, 0.05) is 23.5 Å². The van der Waals surface area contributed by atoms with E-state index in [9.17, 15) is 4.79 Å². The molecule has 3 rings (SSSR count). The van der Waals surface area contributed by atoms with Gasteiger partial charge in [-0.05, 0) is 42.8 Å². The van der Waals surface area contributed by atoms with E-state index >= 15 is 0 Å². The maximum absolute atomic E-state index is 12.2. The molecule has 1 aromatic heterocycles. The fraction of sp³-hybridized carbons (Fsp3) is 0.150. The first-order valence-corrected chi connectivity index (χ1v) is 8.26. The number of nitrogens with one attached hydrogen (secondary N) is 2. The van der Waals surface area contributed by atoms with Crippen molar-refractivity contribution in [2.45, 2.75) is 13.0 Å². The molecule has 6 heteroatoms. The van der Waals surface area contributed by atoms with Crippen LogP contribution in [0.2, 0.25) is 0 Å². The SMILES string of the molecule is COc1ccc(C(=O)Nc2ccc(N[C@@H](C)c3ccccc3)cc2)nn1. The van der Waals surface area contributed by atoms with Crippen molar-refractivity contribution in [3.8, 4) is 5.88 Å². The number of nitrogens with zero attached hydrogens (tertiary/aromatic N) is 2. The van der Waals surface area contributed by atoms with Gasteiger partial charge >= 0.3 is 0 Å². The third-order valence-electron chi connectivity index (χ3n) is 3.91. The number of carbonyl (C=O) groups excluding carboxylic acids is 1. The predicted octanol–water partition coefficient (Wildman–Crippen LogP) is 3.91. The van der Waals surface area contributed by atoms with Crippen molar-refractivity contribution in [2.24, 2.45) is 0 Å². The zero-order valence-corrected chi connectivity index (χ0v) is 14.6. The lowest BCUT2D eigenvalue weighted by molar-refractivity contribution is 0.102. The van der Waals surface area contributed by atoms with Crippen molar-refractivity contribution < 1.29 is 9.53 Å². The average molecular weight is 348 g/mol. The van der Waals surface area contributed by atoms with E-state index in [1.807, 2.05) is 42.5 Å². The molecule has 0 radical (unpaired) electrons. The molecule has 0 saturated heterocycles. The van der Waals surface area contributed by atoms with Crippen molar-refractivity contribution in [3.05, 3.63) is 78.0 Å². The summed E-state index contributed by atoms with van der Waals surface area (Å²) in [6.45, 7) is 2.10. The zero-order chi connectivity index (χ0) is 18.4. The Balaban J connectivity index is 1.61. The lowest BCUT2D eigenvalue weighted by atomic mass is 10.1. The van der Waals surface area contributed by atoms with Crippen LogP contribution in [-0.2, 0) is 0 Å². The van der Waals surface area contributed by atoms with Gasteiger partial charge < -0.3 is 15.4 Å². The molecule has 0 aliphatic rings. The summed E-state index contributed by atoms with van der Waals surface area (Å²) >= 11 is 0. The van der Waals surface area contributed by atoms with Gasteiger partial charge in [-0.15, -0.1) is 10.2 Å². The van der Waals surface area contributed by atoms with Gasteiger partial charge in [0.1, 0.15) is 0 Å². The Bertz CT molecular complexity index is 849. The quantitative estimate of drug-likeness (QED) is 0.706. The fourth-order valence-electron chi connectivity index (χ4n) is 2.47. The Morgan fingerprint density at radius 3 is 2.23 bits per heavy atom. The number of rotatable bonds is 6. The second kappa shape index (κ2) is 8.11. The number of carbonyl (C=O) groups is 1. The highest BCUT2D eigenvalue weighted by Gasteiger charge is 2.09. The minimum absolute atomic E-state index is 0.186. The molecule has 1 amide bonds. The summed E-state index contributed by atoms with van der Waals surface area (Å²) < 4.78 is 4.93. The van der Waals surface area contributed by atoms with E-state index < -0.39 is 0 Å². The van der Waals surface area contributed by atoms with Crippen molar-refractivity contribution >= 4 is 17.3 Å². The van der Waals surface area contributed by atoms with Gasteiger partial charge in [-0.2, -0.15) is 0 Å². The lowest BCUT2D eigenvalue weighted by Crippen LogP contribution is -2.14. The van der Waals surface area contributed by atoms with Crippen LogP contribution in [0.4, 0.5) is 11.4 Å². The largest absolute Gasteiger partial charge is 0.480 e. The van der Waals surface area contributed by atoms with Crippen molar-refractivity contribution in [1.82, 2.24) is 10.2 Å². The highest BCUT2D eigenvalue weighted by Crippen LogP contribution is 2.21. The number of hydrogen-bond acceptors (Lipinski definition) is 5. The Morgan fingerprint density at radius 1 is 0.923 bits per heavy atom. The smallest absolute Gasteiger partial charge is 0.276 e. The number of amides is 1. The molecule has 26 heavy (non-hydrogen) atoms. The van der Waals surface area contributed by atoms with Crippen molar-refractivity contribution in [2.75, 3.05) is 17.7 Å². The molecule has 0 fully saturated rings. The number of anilines is 2. The summed E-state index contributed by atoms with van der Waals surface area (Å²) in [5.74, 6) is 0.0445. The Labute approximate surface area is 152 Å². The normalized spacial score (nSPS) is 11.5. The van der Waals surface area contributed by atoms with Crippen molar-refractivity contribution in [3.63, 3.8) is 0 Å². The summed E-state index contributed by atoms with van der Waals surface area (Å²) in [5.41, 5.74) is 3.10. The van der Waals surface area contributed by atoms with Crippen LogP contribution in [0.1, 0.15) is 29.0 Å². The summed E-state index contributed by atoms with van der Waals surface area (Å²) in [6.07, 6.45) is 0. The number of methoxy groups -OCH3 is 1. The zero-order valence-electron chi connectivity index (χ0n) is 14.6. The number of ether oxygens (including phenoxy) is 1. The molecule has 132 valence electrons. The van der Waals surface area contributed by atoms with Gasteiger partial charge in [-0.1, -0.05) is 30.3 Å². The van der Waals surface area contributed by atoms with E-state index in [0.717, 1.165) is 5.69 Å². The van der Waals surface area contributed by atoms with E-state index in [1.165, 1.54) is 12.7 Å². The van der Waals surface area contributed by atoms with Gasteiger partial charge in [-0.25, -0.2) is 0 Å². The molecule has 6 nitrogen and oxygen atoms in total. The standard InChI is InChI=1S/C20H20N4O2/c1-14(15-6-4-3-5-7-15)21-16-8-10-17(11-9-16)22-20(25)18-12-13-19(26-2)24-23-18/h3-14,21H,1-2H3,(H,22,25)/t14-/m0/s1. The van der Waals surface area contributed by atoms with Crippen LogP contribution in [0.25, 0.3) is 0 Å². The lowest BCUT2D eigenvalue weighted by Gasteiger charge is -2.16. The Hall–Kier alpha value is -3.41. The van der Waals surface area contributed by atoms with E-state index in [4.69, 9.17) is 4.74 Å². The first kappa shape index (κ1) is 17.4. The van der Waals surface area contributed by atoms with Crippen LogP contribution in [0.15, 0.2) is 66.7 Å². The molecule has 2 aromatic carbocycles. The first-order chi connectivity index (χ1) is 12.7. The summed E-state index contributed by atoms with van der Waals surface area (Å²) in [5, 5.41) is 13.9. The summed E-state index contributed by atoms with van der Waals surface area (Å²) in [7, 11) is 1.50. The first-order valence-electron chi connectivity index (χ1n) is 8.26. The van der Waals surface area contributed by atoms with Crippen LogP contribution >= 0.6 is 0 Å². The topological polar surface area (TPSA) is 76.1 Å². The van der Waals surface area contributed by atoms with Crippen LogP contribution in [0.3, 0.4) is 0 Å². The fourth-order valence-corrected chi connectivity index (χ4v) is 2.47. The number of benzene rings is 2. The van der Waals surface area contributed by atoms with Crippen LogP contribution < -0.4 is 15.4 Å². The van der Waals surface area contributed by atoms with E-state index in [2.05, 4.69) is 39.9 Å². The molecule has 0 spiro atoms. The molecule has 0 aliphatic heterocycles. The molecule has 1 heterocycles. The maximum atomic E-state index is 12.2. The highest BCUT2D eigenvalue weighted by atomic mass is 16.5. The number of aromatic nitrogens is 2. The van der Waals surface area contributed by atoms with E-state index in [-0.39, 0.29) is 17.6 Å². The molecule has 3 aromatic rings. The number of hydrogen-bond donors (Lipinski definition) is 2. The highest BCUT2D eigenvalue weighted by molar-refractivity contribution is 6.02. The van der Waals surface area contributed by atoms with E-state index in [1.54, 1.807) is 12.1 Å². The molecular weight excluding hydrogens is 328 g/mol. The van der Waals surface area contributed by atoms with Crippen LogP contribution in [0.5, 0.6) is 5.88 Å².